The number of aryl methyl sites for hydroxylation is 2. The average Bonchev–Trinajstić information content (AvgIpc) is 2.88. The smallest absolute Gasteiger partial charge is 0.278 e. The molecule has 0 aliphatic heterocycles. The molecule has 6 nitrogen and oxygen atoms in total. The lowest BCUT2D eigenvalue weighted by Gasteiger charge is -2.07. The minimum atomic E-state index is -0.378. The van der Waals surface area contributed by atoms with Gasteiger partial charge in [-0.05, 0) is 19.1 Å². The first-order valence-electron chi connectivity index (χ1n) is 6.35. The van der Waals surface area contributed by atoms with Crippen LogP contribution in [0, 0.1) is 6.92 Å². The molecule has 0 bridgehead atoms. The second kappa shape index (κ2) is 4.66. The Morgan fingerprint density at radius 2 is 2.14 bits per heavy atom. The Morgan fingerprint density at radius 3 is 2.86 bits per heavy atom. The summed E-state index contributed by atoms with van der Waals surface area (Å²) in [5, 5.41) is 14.9. The van der Waals surface area contributed by atoms with Crippen molar-refractivity contribution in [2.75, 3.05) is 7.11 Å². The van der Waals surface area contributed by atoms with Gasteiger partial charge in [-0.1, -0.05) is 0 Å². The first-order valence-corrected chi connectivity index (χ1v) is 6.35. The van der Waals surface area contributed by atoms with Crippen molar-refractivity contribution in [3.05, 3.63) is 40.5 Å². The van der Waals surface area contributed by atoms with Crippen LogP contribution in [0.4, 0.5) is 0 Å². The molecule has 1 N–H and O–H groups in total. The molecule has 0 aliphatic carbocycles. The topological polar surface area (TPSA) is 77.5 Å². The van der Waals surface area contributed by atoms with Gasteiger partial charge in [0, 0.05) is 24.1 Å². The zero-order valence-corrected chi connectivity index (χ0v) is 11.9. The molecule has 0 saturated carbocycles. The number of furan rings is 1. The summed E-state index contributed by atoms with van der Waals surface area (Å²) in [6, 6.07) is 5.30. The zero-order valence-electron chi connectivity index (χ0n) is 11.9. The van der Waals surface area contributed by atoms with Crippen LogP contribution in [-0.4, -0.2) is 22.0 Å². The van der Waals surface area contributed by atoms with Gasteiger partial charge in [0.2, 0.25) is 0 Å². The van der Waals surface area contributed by atoms with Crippen molar-refractivity contribution in [3.8, 4) is 22.6 Å². The highest BCUT2D eigenvalue weighted by Gasteiger charge is 2.19. The number of hydrogen-bond acceptors (Lipinski definition) is 5. The van der Waals surface area contributed by atoms with Gasteiger partial charge in [-0.15, -0.1) is 0 Å². The minimum Gasteiger partial charge on any atom is -0.505 e. The van der Waals surface area contributed by atoms with Gasteiger partial charge in [0.25, 0.3) is 5.56 Å². The fraction of sp³-hybridized carbons (Fsp3) is 0.200. The lowest BCUT2D eigenvalue weighted by molar-refractivity contribution is 0.414. The van der Waals surface area contributed by atoms with E-state index in [9.17, 15) is 9.90 Å². The molecule has 3 rings (SSSR count). The van der Waals surface area contributed by atoms with Crippen molar-refractivity contribution in [2.24, 2.45) is 7.05 Å². The second-order valence-electron chi connectivity index (χ2n) is 4.75. The molecule has 0 amide bonds. The van der Waals surface area contributed by atoms with Crippen molar-refractivity contribution in [1.82, 2.24) is 9.78 Å². The molecule has 0 fully saturated rings. The number of rotatable bonds is 2. The van der Waals surface area contributed by atoms with Gasteiger partial charge in [0.05, 0.1) is 18.9 Å². The van der Waals surface area contributed by atoms with Crippen molar-refractivity contribution >= 4 is 11.0 Å². The van der Waals surface area contributed by atoms with E-state index in [4.69, 9.17) is 9.15 Å². The Hall–Kier alpha value is -2.76. The van der Waals surface area contributed by atoms with Crippen LogP contribution >= 0.6 is 0 Å². The molecule has 0 atom stereocenters. The maximum Gasteiger partial charge on any atom is 0.278 e. The van der Waals surface area contributed by atoms with E-state index in [-0.39, 0.29) is 16.9 Å². The largest absolute Gasteiger partial charge is 0.505 e. The molecule has 6 heteroatoms. The number of aromatic nitrogens is 2. The first kappa shape index (κ1) is 13.2. The number of benzene rings is 1. The van der Waals surface area contributed by atoms with Crippen LogP contribution in [0.25, 0.3) is 22.1 Å². The summed E-state index contributed by atoms with van der Waals surface area (Å²) >= 11 is 0. The Balaban J connectivity index is 2.34. The van der Waals surface area contributed by atoms with Gasteiger partial charge in [0.1, 0.15) is 17.0 Å². The minimum absolute atomic E-state index is 0.128. The van der Waals surface area contributed by atoms with Crippen LogP contribution < -0.4 is 10.3 Å². The van der Waals surface area contributed by atoms with Crippen LogP contribution in [-0.2, 0) is 7.05 Å². The second-order valence-corrected chi connectivity index (χ2v) is 4.75. The van der Waals surface area contributed by atoms with Crippen molar-refractivity contribution < 1.29 is 14.3 Å². The van der Waals surface area contributed by atoms with E-state index in [1.165, 1.54) is 10.9 Å². The SMILES string of the molecule is COc1ccc2c(-c3c(O)c(C)nn(C)c3=O)coc2c1. The van der Waals surface area contributed by atoms with E-state index in [1.54, 1.807) is 39.3 Å². The highest BCUT2D eigenvalue weighted by Crippen LogP contribution is 2.35. The number of fused-ring (bicyclic) bond motifs is 1. The first-order chi connectivity index (χ1) is 10.0. The highest BCUT2D eigenvalue weighted by atomic mass is 16.5. The van der Waals surface area contributed by atoms with Gasteiger partial charge in [-0.25, -0.2) is 4.68 Å². The number of aromatic hydroxyl groups is 1. The third-order valence-electron chi connectivity index (χ3n) is 3.44. The van der Waals surface area contributed by atoms with E-state index in [1.807, 2.05) is 0 Å². The van der Waals surface area contributed by atoms with Gasteiger partial charge in [0.15, 0.2) is 5.75 Å². The van der Waals surface area contributed by atoms with E-state index in [0.717, 1.165) is 5.39 Å². The molecule has 108 valence electrons. The Kier molecular flexibility index (Phi) is 2.94. The van der Waals surface area contributed by atoms with E-state index < -0.39 is 0 Å². The molecule has 3 aromatic rings. The van der Waals surface area contributed by atoms with Crippen LogP contribution in [0.1, 0.15) is 5.69 Å². The standard InChI is InChI=1S/C15H14N2O4/c1-8-14(18)13(15(19)17(2)16-8)11-7-21-12-6-9(20-3)4-5-10(11)12/h4-7,18H,1-3H3. The fourth-order valence-electron chi connectivity index (χ4n) is 2.33. The molecule has 21 heavy (non-hydrogen) atoms. The molecule has 1 aromatic carbocycles. The molecule has 0 unspecified atom stereocenters. The number of hydrogen-bond donors (Lipinski definition) is 1. The Morgan fingerprint density at radius 1 is 1.38 bits per heavy atom. The molecule has 0 spiro atoms. The summed E-state index contributed by atoms with van der Waals surface area (Å²) in [5.74, 6) is 0.531. The highest BCUT2D eigenvalue weighted by molar-refractivity contribution is 5.95. The summed E-state index contributed by atoms with van der Waals surface area (Å²) in [5.41, 5.74) is 1.32. The van der Waals surface area contributed by atoms with Crippen LogP contribution in [0.3, 0.4) is 0 Å². The zero-order chi connectivity index (χ0) is 15.1. The quantitative estimate of drug-likeness (QED) is 0.781. The average molecular weight is 286 g/mol. The van der Waals surface area contributed by atoms with E-state index >= 15 is 0 Å². The molecular formula is C15H14N2O4. The summed E-state index contributed by atoms with van der Waals surface area (Å²) in [6.45, 7) is 1.64. The molecule has 2 heterocycles. The molecule has 0 radical (unpaired) electrons. The third kappa shape index (κ3) is 1.96. The predicted molar refractivity (Wildman–Crippen MR) is 77.6 cm³/mol. The van der Waals surface area contributed by atoms with Crippen molar-refractivity contribution in [2.45, 2.75) is 6.92 Å². The normalized spacial score (nSPS) is 11.0. The lowest BCUT2D eigenvalue weighted by atomic mass is 10.0. The molecule has 0 saturated heterocycles. The molecule has 2 aromatic heterocycles. The third-order valence-corrected chi connectivity index (χ3v) is 3.44. The van der Waals surface area contributed by atoms with Crippen molar-refractivity contribution in [1.29, 1.82) is 0 Å². The number of nitrogens with zero attached hydrogens (tertiary/aromatic N) is 2. The van der Waals surface area contributed by atoms with Gasteiger partial charge in [-0.2, -0.15) is 5.10 Å². The van der Waals surface area contributed by atoms with Gasteiger partial charge < -0.3 is 14.3 Å². The lowest BCUT2D eigenvalue weighted by Crippen LogP contribution is -2.22. The van der Waals surface area contributed by atoms with Crippen LogP contribution in [0.15, 0.2) is 33.7 Å². The van der Waals surface area contributed by atoms with Crippen LogP contribution in [0.5, 0.6) is 11.5 Å². The fourth-order valence-corrected chi connectivity index (χ4v) is 2.33. The summed E-state index contributed by atoms with van der Waals surface area (Å²) < 4.78 is 11.8. The summed E-state index contributed by atoms with van der Waals surface area (Å²) in [4.78, 5) is 12.3. The summed E-state index contributed by atoms with van der Waals surface area (Å²) in [7, 11) is 3.11. The molecular weight excluding hydrogens is 272 g/mol. The Labute approximate surface area is 120 Å². The maximum atomic E-state index is 12.3. The van der Waals surface area contributed by atoms with Crippen molar-refractivity contribution in [3.63, 3.8) is 0 Å². The monoisotopic (exact) mass is 286 g/mol. The molecule has 0 aliphatic rings. The number of ether oxygens (including phenoxy) is 1. The predicted octanol–water partition coefficient (Wildman–Crippen LogP) is 2.22. The van der Waals surface area contributed by atoms with Crippen LogP contribution in [0.2, 0.25) is 0 Å². The maximum absolute atomic E-state index is 12.3. The number of methoxy groups -OCH3 is 1. The Bertz CT molecular complexity index is 893. The van der Waals surface area contributed by atoms with E-state index in [0.29, 0.717) is 22.6 Å². The van der Waals surface area contributed by atoms with E-state index in [2.05, 4.69) is 5.10 Å². The summed E-state index contributed by atoms with van der Waals surface area (Å²) in [6.07, 6.45) is 1.46. The van der Waals surface area contributed by atoms with Gasteiger partial charge >= 0.3 is 0 Å². The van der Waals surface area contributed by atoms with Gasteiger partial charge in [-0.3, -0.25) is 4.79 Å².